The molecule has 1 spiro atoms. The summed E-state index contributed by atoms with van der Waals surface area (Å²) in [6, 6.07) is 1.63. The Morgan fingerprint density at radius 2 is 2.08 bits per heavy atom. The van der Waals surface area contributed by atoms with Crippen LogP contribution < -0.4 is 10.7 Å². The van der Waals surface area contributed by atoms with Crippen LogP contribution >= 0.6 is 11.3 Å². The van der Waals surface area contributed by atoms with E-state index in [1.165, 1.54) is 10.4 Å². The van der Waals surface area contributed by atoms with Crippen molar-refractivity contribution in [1.29, 1.82) is 0 Å². The lowest BCUT2D eigenvalue weighted by molar-refractivity contribution is -0.140. The molecule has 3 aliphatic rings. The van der Waals surface area contributed by atoms with Gasteiger partial charge in [-0.15, -0.1) is 11.3 Å². The molecule has 1 aliphatic carbocycles. The van der Waals surface area contributed by atoms with Gasteiger partial charge in [0.05, 0.1) is 0 Å². The zero-order valence-electron chi connectivity index (χ0n) is 14.8. The molecular weight excluding hydrogens is 352 g/mol. The average Bonchev–Trinajstić information content (AvgIpc) is 3.19. The Hall–Kier alpha value is -1.93. The Kier molecular flexibility index (Phi) is 4.71. The van der Waals surface area contributed by atoms with E-state index < -0.39 is 11.6 Å². The minimum absolute atomic E-state index is 0.267. The van der Waals surface area contributed by atoms with Crippen LogP contribution in [-0.2, 0) is 22.6 Å². The molecule has 0 aromatic carbocycles. The van der Waals surface area contributed by atoms with Gasteiger partial charge < -0.3 is 5.32 Å². The molecule has 3 heterocycles. The summed E-state index contributed by atoms with van der Waals surface area (Å²) in [7, 11) is 0. The van der Waals surface area contributed by atoms with Crippen LogP contribution in [0.2, 0.25) is 0 Å². The summed E-state index contributed by atoms with van der Waals surface area (Å²) in [6.45, 7) is 2.42. The molecule has 2 N–H and O–H groups in total. The van der Waals surface area contributed by atoms with Crippen molar-refractivity contribution in [2.24, 2.45) is 0 Å². The lowest BCUT2D eigenvalue weighted by Crippen LogP contribution is -2.51. The number of urea groups is 1. The summed E-state index contributed by atoms with van der Waals surface area (Å²) in [4.78, 5) is 40.8. The van der Waals surface area contributed by atoms with Crippen LogP contribution in [0.3, 0.4) is 0 Å². The van der Waals surface area contributed by atoms with Crippen molar-refractivity contribution in [3.63, 3.8) is 0 Å². The van der Waals surface area contributed by atoms with E-state index in [1.54, 1.807) is 11.3 Å². The number of carbonyl (C=O) groups is 3. The second-order valence-electron chi connectivity index (χ2n) is 7.39. The van der Waals surface area contributed by atoms with Crippen molar-refractivity contribution in [1.82, 2.24) is 20.7 Å². The normalized spacial score (nSPS) is 22.4. The number of hydrazine groups is 1. The maximum atomic E-state index is 12.7. The van der Waals surface area contributed by atoms with Crippen LogP contribution in [0.15, 0.2) is 11.4 Å². The molecular formula is C18H24N4O3S. The van der Waals surface area contributed by atoms with Gasteiger partial charge in [-0.05, 0) is 36.3 Å². The second-order valence-corrected chi connectivity index (χ2v) is 8.39. The predicted octanol–water partition coefficient (Wildman–Crippen LogP) is 1.78. The number of thiophene rings is 1. The Bertz CT molecular complexity index is 726. The molecule has 0 unspecified atom stereocenters. The highest BCUT2D eigenvalue weighted by atomic mass is 32.1. The number of rotatable bonds is 4. The Balaban J connectivity index is 1.29. The first-order chi connectivity index (χ1) is 12.6. The van der Waals surface area contributed by atoms with Crippen LogP contribution in [0.5, 0.6) is 0 Å². The highest BCUT2D eigenvalue weighted by molar-refractivity contribution is 7.10. The van der Waals surface area contributed by atoms with E-state index in [0.29, 0.717) is 19.4 Å². The number of fused-ring (bicyclic) bond motifs is 1. The van der Waals surface area contributed by atoms with Crippen molar-refractivity contribution in [3.8, 4) is 0 Å². The van der Waals surface area contributed by atoms with E-state index in [4.69, 9.17) is 0 Å². The summed E-state index contributed by atoms with van der Waals surface area (Å²) in [6.07, 6.45) is 5.52. The van der Waals surface area contributed by atoms with Crippen molar-refractivity contribution in [3.05, 3.63) is 21.9 Å². The molecule has 1 aromatic rings. The maximum Gasteiger partial charge on any atom is 0.344 e. The predicted molar refractivity (Wildman–Crippen MR) is 97.3 cm³/mol. The van der Waals surface area contributed by atoms with Gasteiger partial charge in [0.1, 0.15) is 5.54 Å². The number of amides is 4. The monoisotopic (exact) mass is 376 g/mol. The molecule has 7 nitrogen and oxygen atoms in total. The topological polar surface area (TPSA) is 81.8 Å². The number of carbonyl (C=O) groups excluding carboxylic acids is 3. The minimum atomic E-state index is -0.801. The molecule has 1 saturated heterocycles. The molecule has 26 heavy (non-hydrogen) atoms. The van der Waals surface area contributed by atoms with Gasteiger partial charge in [0, 0.05) is 30.9 Å². The summed E-state index contributed by atoms with van der Waals surface area (Å²) in [5.74, 6) is -0.603. The van der Waals surface area contributed by atoms with Crippen LogP contribution in [-0.4, -0.2) is 46.4 Å². The maximum absolute atomic E-state index is 12.7. The van der Waals surface area contributed by atoms with E-state index in [0.717, 1.165) is 43.8 Å². The average molecular weight is 376 g/mol. The first-order valence-electron chi connectivity index (χ1n) is 9.31. The van der Waals surface area contributed by atoms with Crippen LogP contribution in [0.1, 0.15) is 49.0 Å². The van der Waals surface area contributed by atoms with E-state index in [2.05, 4.69) is 27.1 Å². The fourth-order valence-electron chi connectivity index (χ4n) is 4.15. The number of nitrogens with one attached hydrogen (secondary N) is 2. The fourth-order valence-corrected chi connectivity index (χ4v) is 5.04. The molecule has 4 rings (SSSR count). The number of hydrogen-bond acceptors (Lipinski definition) is 5. The minimum Gasteiger partial charge on any atom is -0.322 e. The number of imide groups is 1. The Labute approximate surface area is 156 Å². The zero-order valence-corrected chi connectivity index (χ0v) is 15.6. The van der Waals surface area contributed by atoms with Crippen molar-refractivity contribution in [2.75, 3.05) is 13.1 Å². The van der Waals surface area contributed by atoms with Crippen LogP contribution in [0.25, 0.3) is 0 Å². The van der Waals surface area contributed by atoms with E-state index in [9.17, 15) is 14.4 Å². The molecule has 0 radical (unpaired) electrons. The van der Waals surface area contributed by atoms with Crippen molar-refractivity contribution >= 4 is 29.2 Å². The molecule has 4 amide bonds. The molecule has 1 saturated carbocycles. The second kappa shape index (κ2) is 7.00. The lowest BCUT2D eigenvalue weighted by Gasteiger charge is -2.30. The first-order valence-corrected chi connectivity index (χ1v) is 10.2. The SMILES string of the molecule is O=C(CCN1CCc2sccc2C1)NN1C(=O)NC2(CCCCC2)C1=O. The number of hydrogen-bond donors (Lipinski definition) is 2. The molecule has 2 aliphatic heterocycles. The van der Waals surface area contributed by atoms with Gasteiger partial charge in [-0.2, -0.15) is 5.01 Å². The highest BCUT2D eigenvalue weighted by Gasteiger charge is 2.52. The number of nitrogens with zero attached hydrogens (tertiary/aromatic N) is 2. The molecule has 8 heteroatoms. The van der Waals surface area contributed by atoms with Crippen molar-refractivity contribution < 1.29 is 14.4 Å². The lowest BCUT2D eigenvalue weighted by atomic mass is 9.82. The smallest absolute Gasteiger partial charge is 0.322 e. The summed E-state index contributed by atoms with van der Waals surface area (Å²) in [5.41, 5.74) is 3.05. The molecule has 2 fully saturated rings. The van der Waals surface area contributed by atoms with Gasteiger partial charge in [0.2, 0.25) is 5.91 Å². The molecule has 0 bridgehead atoms. The largest absolute Gasteiger partial charge is 0.344 e. The van der Waals surface area contributed by atoms with E-state index in [1.807, 2.05) is 0 Å². The third-order valence-electron chi connectivity index (χ3n) is 5.65. The van der Waals surface area contributed by atoms with E-state index >= 15 is 0 Å². The van der Waals surface area contributed by atoms with Crippen molar-refractivity contribution in [2.45, 2.75) is 57.0 Å². The van der Waals surface area contributed by atoms with Crippen LogP contribution in [0, 0.1) is 0 Å². The zero-order chi connectivity index (χ0) is 18.1. The molecule has 1 aromatic heterocycles. The standard InChI is InChI=1S/C18H24N4O3S/c23-15(5-10-21-9-4-14-13(12-21)6-11-26-14)20-22-16(24)18(19-17(22)25)7-2-1-3-8-18/h6,11H,1-5,7-10,12H2,(H,19,25)(H,20,23). The quantitative estimate of drug-likeness (QED) is 0.785. The third kappa shape index (κ3) is 3.23. The van der Waals surface area contributed by atoms with Gasteiger partial charge in [-0.25, -0.2) is 4.79 Å². The van der Waals surface area contributed by atoms with E-state index in [-0.39, 0.29) is 18.2 Å². The molecule has 0 atom stereocenters. The first kappa shape index (κ1) is 17.5. The third-order valence-corrected chi connectivity index (χ3v) is 6.67. The van der Waals surface area contributed by atoms with Gasteiger partial charge in [-0.3, -0.25) is 19.9 Å². The summed E-state index contributed by atoms with van der Waals surface area (Å²) in [5, 5.41) is 5.80. The Morgan fingerprint density at radius 3 is 2.88 bits per heavy atom. The highest BCUT2D eigenvalue weighted by Crippen LogP contribution is 2.33. The van der Waals surface area contributed by atoms with Gasteiger partial charge in [0.15, 0.2) is 0 Å². The fraction of sp³-hybridized carbons (Fsp3) is 0.611. The van der Waals surface area contributed by atoms with Gasteiger partial charge in [-0.1, -0.05) is 19.3 Å². The summed E-state index contributed by atoms with van der Waals surface area (Å²) >= 11 is 1.79. The Morgan fingerprint density at radius 1 is 1.27 bits per heavy atom. The van der Waals surface area contributed by atoms with Gasteiger partial charge in [0.25, 0.3) is 5.91 Å². The molecule has 140 valence electrons. The van der Waals surface area contributed by atoms with Crippen LogP contribution in [0.4, 0.5) is 4.79 Å². The van der Waals surface area contributed by atoms with Gasteiger partial charge >= 0.3 is 6.03 Å². The summed E-state index contributed by atoms with van der Waals surface area (Å²) < 4.78 is 0.